The minimum atomic E-state index is -0.231. The number of nitriles is 1. The normalized spacial score (nSPS) is 17.6. The molecule has 0 bridgehead atoms. The molecule has 1 aliphatic heterocycles. The summed E-state index contributed by atoms with van der Waals surface area (Å²) < 4.78 is 0. The summed E-state index contributed by atoms with van der Waals surface area (Å²) in [4.78, 5) is 34.3. The Hall–Kier alpha value is -3.50. The SMILES string of the molecule is Cc1cccc(-c2sc(C3CC3)nc2C(=O)N2CCCCC2CNC(=O)c2cccc(C#N)c2)c1. The number of nitrogens with one attached hydrogen (secondary N) is 1. The molecule has 2 aliphatic rings. The lowest BCUT2D eigenvalue weighted by Gasteiger charge is -2.35. The number of thiazole rings is 1. The molecular formula is C28H28N4O2S. The Balaban J connectivity index is 1.37. The summed E-state index contributed by atoms with van der Waals surface area (Å²) in [5.41, 5.74) is 3.64. The third kappa shape index (κ3) is 5.13. The summed E-state index contributed by atoms with van der Waals surface area (Å²) in [5.74, 6) is 0.200. The first-order valence-electron chi connectivity index (χ1n) is 12.2. The van der Waals surface area contributed by atoms with Crippen LogP contribution in [0.25, 0.3) is 10.4 Å². The minimum absolute atomic E-state index is 0.0462. The summed E-state index contributed by atoms with van der Waals surface area (Å²) in [6, 6.07) is 16.9. The standard InChI is InChI=1S/C28H28N4O2S/c1-18-6-4-8-21(14-18)25-24(31-27(35-25)20-11-12-20)28(34)32-13-3-2-10-23(32)17-30-26(33)22-9-5-7-19(15-22)16-29/h4-9,14-15,20,23H,2-3,10-13,17H2,1H3,(H,30,33). The Morgan fingerprint density at radius 1 is 1.14 bits per heavy atom. The smallest absolute Gasteiger partial charge is 0.274 e. The summed E-state index contributed by atoms with van der Waals surface area (Å²) in [6.45, 7) is 3.09. The predicted octanol–water partition coefficient (Wildman–Crippen LogP) is 5.29. The number of rotatable bonds is 6. The minimum Gasteiger partial charge on any atom is -0.350 e. The molecule has 1 aliphatic carbocycles. The largest absolute Gasteiger partial charge is 0.350 e. The van der Waals surface area contributed by atoms with Crippen molar-refractivity contribution in [1.29, 1.82) is 5.26 Å². The van der Waals surface area contributed by atoms with Crippen LogP contribution in [0.1, 0.15) is 75.0 Å². The molecule has 1 saturated carbocycles. The van der Waals surface area contributed by atoms with Crippen LogP contribution < -0.4 is 5.32 Å². The number of piperidine rings is 1. The van der Waals surface area contributed by atoms with Gasteiger partial charge >= 0.3 is 0 Å². The van der Waals surface area contributed by atoms with Crippen LogP contribution in [-0.4, -0.2) is 40.8 Å². The van der Waals surface area contributed by atoms with Crippen molar-refractivity contribution in [3.05, 3.63) is 75.9 Å². The lowest BCUT2D eigenvalue weighted by Crippen LogP contribution is -2.49. The molecule has 35 heavy (non-hydrogen) atoms. The number of aryl methyl sites for hydroxylation is 1. The van der Waals surface area contributed by atoms with Crippen molar-refractivity contribution in [3.8, 4) is 16.5 Å². The van der Waals surface area contributed by atoms with Crippen molar-refractivity contribution >= 4 is 23.2 Å². The molecule has 7 heteroatoms. The Morgan fingerprint density at radius 3 is 2.74 bits per heavy atom. The quantitative estimate of drug-likeness (QED) is 0.515. The Bertz CT molecular complexity index is 1300. The molecule has 178 valence electrons. The highest BCUT2D eigenvalue weighted by Gasteiger charge is 2.34. The number of likely N-dealkylation sites (tertiary alicyclic amines) is 1. The third-order valence-electron chi connectivity index (χ3n) is 6.69. The molecular weight excluding hydrogens is 456 g/mol. The zero-order valence-electron chi connectivity index (χ0n) is 19.8. The van der Waals surface area contributed by atoms with Gasteiger partial charge in [-0.2, -0.15) is 5.26 Å². The Morgan fingerprint density at radius 2 is 1.97 bits per heavy atom. The second kappa shape index (κ2) is 10.0. The van der Waals surface area contributed by atoms with E-state index in [1.807, 2.05) is 11.0 Å². The topological polar surface area (TPSA) is 86.1 Å². The van der Waals surface area contributed by atoms with E-state index in [1.165, 1.54) is 0 Å². The first-order valence-corrected chi connectivity index (χ1v) is 13.0. The highest BCUT2D eigenvalue weighted by atomic mass is 32.1. The molecule has 1 unspecified atom stereocenters. The zero-order chi connectivity index (χ0) is 24.4. The summed E-state index contributed by atoms with van der Waals surface area (Å²) in [7, 11) is 0. The number of hydrogen-bond donors (Lipinski definition) is 1. The second-order valence-electron chi connectivity index (χ2n) is 9.42. The van der Waals surface area contributed by atoms with E-state index in [-0.39, 0.29) is 17.9 Å². The lowest BCUT2D eigenvalue weighted by molar-refractivity contribution is 0.0598. The van der Waals surface area contributed by atoms with Crippen molar-refractivity contribution in [2.75, 3.05) is 13.1 Å². The monoisotopic (exact) mass is 484 g/mol. The summed E-state index contributed by atoms with van der Waals surface area (Å²) in [6.07, 6.45) is 5.08. The van der Waals surface area contributed by atoms with Gasteiger partial charge in [-0.1, -0.05) is 35.9 Å². The van der Waals surface area contributed by atoms with Crippen LogP contribution in [0.2, 0.25) is 0 Å². The van der Waals surface area contributed by atoms with Crippen molar-refractivity contribution in [1.82, 2.24) is 15.2 Å². The molecule has 2 aromatic carbocycles. The lowest BCUT2D eigenvalue weighted by atomic mass is 10.0. The molecule has 1 aromatic heterocycles. The fourth-order valence-corrected chi connectivity index (χ4v) is 5.85. The van der Waals surface area contributed by atoms with E-state index >= 15 is 0 Å². The van der Waals surface area contributed by atoms with Crippen LogP contribution in [-0.2, 0) is 0 Å². The first kappa shape index (κ1) is 23.3. The highest BCUT2D eigenvalue weighted by Crippen LogP contribution is 2.45. The third-order valence-corrected chi connectivity index (χ3v) is 7.96. The van der Waals surface area contributed by atoms with E-state index in [1.54, 1.807) is 35.6 Å². The van der Waals surface area contributed by atoms with Gasteiger partial charge in [0.2, 0.25) is 0 Å². The fraction of sp³-hybridized carbons (Fsp3) is 0.357. The molecule has 1 atom stereocenters. The van der Waals surface area contributed by atoms with Crippen molar-refractivity contribution < 1.29 is 9.59 Å². The van der Waals surface area contributed by atoms with Gasteiger partial charge in [0.1, 0.15) is 5.69 Å². The van der Waals surface area contributed by atoms with Gasteiger partial charge in [0.15, 0.2) is 0 Å². The van der Waals surface area contributed by atoms with Gasteiger partial charge in [0.05, 0.1) is 21.5 Å². The van der Waals surface area contributed by atoms with Crippen LogP contribution in [0, 0.1) is 18.3 Å². The number of amides is 2. The highest BCUT2D eigenvalue weighted by molar-refractivity contribution is 7.15. The van der Waals surface area contributed by atoms with Gasteiger partial charge in [0.25, 0.3) is 11.8 Å². The predicted molar refractivity (Wildman–Crippen MR) is 136 cm³/mol. The van der Waals surface area contributed by atoms with Crippen molar-refractivity contribution in [2.45, 2.75) is 51.0 Å². The number of hydrogen-bond acceptors (Lipinski definition) is 5. The van der Waals surface area contributed by atoms with Gasteiger partial charge in [-0.05, 0) is 62.8 Å². The molecule has 6 nitrogen and oxygen atoms in total. The van der Waals surface area contributed by atoms with Crippen molar-refractivity contribution in [3.63, 3.8) is 0 Å². The number of aromatic nitrogens is 1. The maximum atomic E-state index is 13.9. The number of benzene rings is 2. The second-order valence-corrected chi connectivity index (χ2v) is 10.5. The molecule has 2 fully saturated rings. The first-order chi connectivity index (χ1) is 17.0. The maximum Gasteiger partial charge on any atom is 0.274 e. The van der Waals surface area contributed by atoms with Gasteiger partial charge < -0.3 is 10.2 Å². The molecule has 2 heterocycles. The van der Waals surface area contributed by atoms with Gasteiger partial charge in [-0.15, -0.1) is 11.3 Å². The molecule has 0 radical (unpaired) electrons. The maximum absolute atomic E-state index is 13.9. The zero-order valence-corrected chi connectivity index (χ0v) is 20.6. The van der Waals surface area contributed by atoms with Gasteiger partial charge in [-0.25, -0.2) is 4.98 Å². The van der Waals surface area contributed by atoms with Crippen molar-refractivity contribution in [2.24, 2.45) is 0 Å². The van der Waals surface area contributed by atoms with E-state index in [9.17, 15) is 9.59 Å². The van der Waals surface area contributed by atoms with Crippen LogP contribution >= 0.6 is 11.3 Å². The average Bonchev–Trinajstić information content (AvgIpc) is 3.65. The molecule has 3 aromatic rings. The van der Waals surface area contributed by atoms with E-state index in [2.05, 4.69) is 36.5 Å². The van der Waals surface area contributed by atoms with Gasteiger partial charge in [-0.3, -0.25) is 9.59 Å². The summed E-state index contributed by atoms with van der Waals surface area (Å²) >= 11 is 1.65. The molecule has 2 amide bonds. The molecule has 5 rings (SSSR count). The van der Waals surface area contributed by atoms with E-state index < -0.39 is 0 Å². The Labute approximate surface area is 209 Å². The number of nitrogens with zero attached hydrogens (tertiary/aromatic N) is 3. The van der Waals surface area contributed by atoms with Crippen LogP contribution in [0.3, 0.4) is 0 Å². The average molecular weight is 485 g/mol. The summed E-state index contributed by atoms with van der Waals surface area (Å²) in [5, 5.41) is 13.2. The molecule has 1 N–H and O–H groups in total. The molecule has 1 saturated heterocycles. The number of carbonyl (C=O) groups excluding carboxylic acids is 2. The fourth-order valence-electron chi connectivity index (χ4n) is 4.63. The Kier molecular flexibility index (Phi) is 6.65. The van der Waals surface area contributed by atoms with Crippen LogP contribution in [0.4, 0.5) is 0 Å². The van der Waals surface area contributed by atoms with Gasteiger partial charge in [0, 0.05) is 30.6 Å². The number of carbonyl (C=O) groups is 2. The van der Waals surface area contributed by atoms with E-state index in [0.29, 0.717) is 35.8 Å². The van der Waals surface area contributed by atoms with Crippen LogP contribution in [0.5, 0.6) is 0 Å². The van der Waals surface area contributed by atoms with Crippen LogP contribution in [0.15, 0.2) is 48.5 Å². The van der Waals surface area contributed by atoms with E-state index in [0.717, 1.165) is 53.1 Å². The molecule has 0 spiro atoms. The van der Waals surface area contributed by atoms with E-state index in [4.69, 9.17) is 10.2 Å².